The van der Waals surface area contributed by atoms with Gasteiger partial charge in [-0.3, -0.25) is 0 Å². The maximum Gasteiger partial charge on any atom is 0.143 e. The van der Waals surface area contributed by atoms with E-state index in [1.807, 2.05) is 121 Å². The number of rotatable bonds is 4. The second-order valence-corrected chi connectivity index (χ2v) is 11.1. The highest BCUT2D eigenvalue weighted by Gasteiger charge is 2.20. The van der Waals surface area contributed by atoms with Crippen molar-refractivity contribution >= 4 is 43.5 Å². The fraction of sp³-hybridized carbons (Fsp3) is 0. The molecule has 0 fully saturated rings. The smallest absolute Gasteiger partial charge is 0.143 e. The lowest BCUT2D eigenvalue weighted by atomic mass is 9.84. The highest BCUT2D eigenvalue weighted by Crippen LogP contribution is 2.47. The minimum atomic E-state index is -0.439. The van der Waals surface area contributed by atoms with Crippen LogP contribution in [0.15, 0.2) is 174 Å². The third kappa shape index (κ3) is 4.17. The largest absolute Gasteiger partial charge is 0.455 e. The van der Waals surface area contributed by atoms with Gasteiger partial charge in [0.25, 0.3) is 0 Å². The SMILES string of the molecule is [2H]c1c([2H])c([2H])c2c(-c3cc(-c4ccccc4)c4oc5ccccc5c4c3)c3c([2H])c([2H])c([2H])c([2H])c3c(-c3cccc(-c4ccccc4)c3)c2c1[2H]. The van der Waals surface area contributed by atoms with E-state index in [0.717, 1.165) is 33.0 Å². The van der Waals surface area contributed by atoms with E-state index in [-0.39, 0.29) is 45.7 Å². The lowest BCUT2D eigenvalue weighted by Crippen LogP contribution is -1.92. The van der Waals surface area contributed by atoms with E-state index in [1.165, 1.54) is 0 Å². The molecule has 0 amide bonds. The van der Waals surface area contributed by atoms with Crippen LogP contribution in [0.25, 0.3) is 88.0 Å². The molecule has 0 bridgehead atoms. The molecular weight excluding hydrogens is 544 g/mol. The molecule has 0 spiro atoms. The number of para-hydroxylation sites is 1. The molecule has 0 saturated heterocycles. The number of hydrogen-bond donors (Lipinski definition) is 0. The molecule has 1 aromatic heterocycles. The predicted molar refractivity (Wildman–Crippen MR) is 190 cm³/mol. The molecule has 0 N–H and O–H groups in total. The second kappa shape index (κ2) is 10.4. The van der Waals surface area contributed by atoms with Gasteiger partial charge in [-0.15, -0.1) is 0 Å². The van der Waals surface area contributed by atoms with Crippen LogP contribution in [0.1, 0.15) is 11.0 Å². The van der Waals surface area contributed by atoms with Crippen LogP contribution >= 0.6 is 0 Å². The van der Waals surface area contributed by atoms with E-state index in [1.54, 1.807) is 0 Å². The molecule has 1 heteroatoms. The van der Waals surface area contributed by atoms with Crippen molar-refractivity contribution in [3.8, 4) is 44.5 Å². The van der Waals surface area contributed by atoms with Gasteiger partial charge in [0.05, 0.1) is 11.0 Å². The van der Waals surface area contributed by atoms with E-state index in [0.29, 0.717) is 33.4 Å². The Morgan fingerprint density at radius 3 is 1.58 bits per heavy atom. The van der Waals surface area contributed by atoms with Crippen molar-refractivity contribution in [1.29, 1.82) is 0 Å². The number of benzene rings is 8. The first-order valence-electron chi connectivity index (χ1n) is 18.8. The van der Waals surface area contributed by atoms with E-state index in [4.69, 9.17) is 9.90 Å². The zero-order valence-corrected chi connectivity index (χ0v) is 24.0. The summed E-state index contributed by atoms with van der Waals surface area (Å²) in [4.78, 5) is 0. The van der Waals surface area contributed by atoms with Gasteiger partial charge in [0.15, 0.2) is 0 Å². The van der Waals surface area contributed by atoms with Crippen molar-refractivity contribution in [2.24, 2.45) is 0 Å². The van der Waals surface area contributed by atoms with E-state index < -0.39 is 24.2 Å². The fourth-order valence-corrected chi connectivity index (χ4v) is 6.49. The summed E-state index contributed by atoms with van der Waals surface area (Å²) in [5.74, 6) is 0. The van der Waals surface area contributed by atoms with Gasteiger partial charge in [-0.05, 0) is 84.8 Å². The van der Waals surface area contributed by atoms with Crippen LogP contribution in [-0.4, -0.2) is 0 Å². The monoisotopic (exact) mass is 580 g/mol. The molecule has 8 aromatic carbocycles. The zero-order chi connectivity index (χ0) is 36.7. The van der Waals surface area contributed by atoms with Crippen LogP contribution in [0.4, 0.5) is 0 Å². The zero-order valence-electron chi connectivity index (χ0n) is 32.0. The van der Waals surface area contributed by atoms with Crippen molar-refractivity contribution in [3.05, 3.63) is 170 Å². The molecule has 0 radical (unpaired) electrons. The Morgan fingerprint density at radius 1 is 0.378 bits per heavy atom. The van der Waals surface area contributed by atoms with E-state index in [9.17, 15) is 5.48 Å². The average Bonchev–Trinajstić information content (AvgIpc) is 3.58. The highest BCUT2D eigenvalue weighted by atomic mass is 16.3. The minimum absolute atomic E-state index is 0.166. The topological polar surface area (TPSA) is 13.1 Å². The molecule has 9 rings (SSSR count). The van der Waals surface area contributed by atoms with Gasteiger partial charge >= 0.3 is 0 Å². The van der Waals surface area contributed by atoms with Crippen LogP contribution < -0.4 is 0 Å². The Bertz CT molecular complexity index is 2890. The van der Waals surface area contributed by atoms with Gasteiger partial charge < -0.3 is 4.42 Å². The summed E-state index contributed by atoms with van der Waals surface area (Å²) in [7, 11) is 0. The summed E-state index contributed by atoms with van der Waals surface area (Å²) >= 11 is 0. The third-order valence-electron chi connectivity index (χ3n) is 8.49. The molecular formula is C44H28O. The van der Waals surface area contributed by atoms with Crippen LogP contribution in [0.2, 0.25) is 0 Å². The molecule has 9 aromatic rings. The quantitative estimate of drug-likeness (QED) is 0.189. The number of fused-ring (bicyclic) bond motifs is 5. The first kappa shape index (κ1) is 18.7. The Balaban J connectivity index is 1.54. The third-order valence-corrected chi connectivity index (χ3v) is 8.49. The molecule has 0 aliphatic carbocycles. The summed E-state index contributed by atoms with van der Waals surface area (Å²) in [6, 6.07) is 35.4. The maximum atomic E-state index is 9.43. The Labute approximate surface area is 272 Å². The van der Waals surface area contributed by atoms with Gasteiger partial charge in [0.1, 0.15) is 11.2 Å². The molecule has 0 aliphatic rings. The average molecular weight is 581 g/mol. The minimum Gasteiger partial charge on any atom is -0.455 e. The molecule has 0 aliphatic heterocycles. The fourth-order valence-electron chi connectivity index (χ4n) is 6.49. The van der Waals surface area contributed by atoms with Crippen LogP contribution in [0.5, 0.6) is 0 Å². The summed E-state index contributed by atoms with van der Waals surface area (Å²) < 4.78 is 79.4. The molecule has 0 atom stereocenters. The first-order chi connectivity index (χ1) is 25.7. The van der Waals surface area contributed by atoms with Gasteiger partial charge in [0.2, 0.25) is 0 Å². The summed E-state index contributed by atoms with van der Waals surface area (Å²) in [6.45, 7) is 0. The van der Waals surface area contributed by atoms with Gasteiger partial charge in [-0.25, -0.2) is 0 Å². The van der Waals surface area contributed by atoms with Gasteiger partial charge in [-0.1, -0.05) is 145 Å². The lowest BCUT2D eigenvalue weighted by molar-refractivity contribution is 0.670. The molecule has 0 saturated carbocycles. The Morgan fingerprint density at radius 2 is 0.911 bits per heavy atom. The normalized spacial score (nSPS) is 14.0. The second-order valence-electron chi connectivity index (χ2n) is 11.1. The van der Waals surface area contributed by atoms with Crippen molar-refractivity contribution in [3.63, 3.8) is 0 Å². The lowest BCUT2D eigenvalue weighted by Gasteiger charge is -2.19. The first-order valence-corrected chi connectivity index (χ1v) is 14.8. The predicted octanol–water partition coefficient (Wildman–Crippen LogP) is 12.6. The highest BCUT2D eigenvalue weighted by molar-refractivity contribution is 6.23. The van der Waals surface area contributed by atoms with Crippen LogP contribution in [0.3, 0.4) is 0 Å². The van der Waals surface area contributed by atoms with Crippen molar-refractivity contribution < 1.29 is 15.4 Å². The molecule has 45 heavy (non-hydrogen) atoms. The van der Waals surface area contributed by atoms with E-state index >= 15 is 0 Å². The molecule has 1 heterocycles. The maximum absolute atomic E-state index is 9.43. The van der Waals surface area contributed by atoms with Gasteiger partial charge in [0, 0.05) is 16.3 Å². The Hall–Kier alpha value is -5.92. The van der Waals surface area contributed by atoms with Crippen LogP contribution in [0, 0.1) is 0 Å². The standard InChI is InChI=1S/C44H28O/c1-3-14-29(15-4-1)31-18-13-19-32(26-31)42-35-21-7-9-23-37(35)43(38-24-10-8-22-36(38)42)33-27-39(30-16-5-2-6-17-30)44-40(28-33)34-20-11-12-25-41(34)45-44/h1-28H/i7D,8D,9D,10D,21D,22D,23D,24D. The Kier molecular flexibility index (Phi) is 4.30. The summed E-state index contributed by atoms with van der Waals surface area (Å²) in [6.07, 6.45) is 0. The van der Waals surface area contributed by atoms with Crippen molar-refractivity contribution in [1.82, 2.24) is 0 Å². The van der Waals surface area contributed by atoms with Crippen molar-refractivity contribution in [2.75, 3.05) is 0 Å². The van der Waals surface area contributed by atoms with E-state index in [2.05, 4.69) is 0 Å². The van der Waals surface area contributed by atoms with Crippen molar-refractivity contribution in [2.45, 2.75) is 0 Å². The molecule has 0 unspecified atom stereocenters. The number of hydrogen-bond acceptors (Lipinski definition) is 1. The summed E-state index contributed by atoms with van der Waals surface area (Å²) in [5.41, 5.74) is 6.35. The van der Waals surface area contributed by atoms with Crippen LogP contribution in [-0.2, 0) is 0 Å². The van der Waals surface area contributed by atoms with Gasteiger partial charge in [-0.2, -0.15) is 0 Å². The number of furan rings is 1. The summed E-state index contributed by atoms with van der Waals surface area (Å²) in [5, 5.41) is 2.28. The molecule has 210 valence electrons. The molecule has 1 nitrogen and oxygen atoms in total.